The maximum atomic E-state index is 8.63. The minimum absolute atomic E-state index is 0. The van der Waals surface area contributed by atoms with Gasteiger partial charge in [-0.25, -0.2) is 9.97 Å². The van der Waals surface area contributed by atoms with E-state index in [9.17, 15) is 0 Å². The minimum atomic E-state index is 0. The van der Waals surface area contributed by atoms with Crippen LogP contribution in [-0.2, 0) is 34.2 Å². The van der Waals surface area contributed by atoms with Crippen molar-refractivity contribution in [3.63, 3.8) is 0 Å². The van der Waals surface area contributed by atoms with E-state index in [1.807, 2.05) is 18.2 Å². The molecule has 5 rings (SSSR count). The van der Waals surface area contributed by atoms with Crippen LogP contribution in [0.4, 0.5) is 0 Å². The second-order valence-electron chi connectivity index (χ2n) is 6.38. The van der Waals surface area contributed by atoms with E-state index >= 15 is 0 Å². The van der Waals surface area contributed by atoms with E-state index < -0.39 is 0 Å². The molecule has 0 amide bonds. The molecule has 0 aliphatic heterocycles. The van der Waals surface area contributed by atoms with Crippen molar-refractivity contribution < 1.29 is 26.2 Å². The summed E-state index contributed by atoms with van der Waals surface area (Å²) in [5.41, 5.74) is 2.16. The number of aromatic nitrogens is 6. The van der Waals surface area contributed by atoms with Gasteiger partial charge in [-0.15, -0.1) is 28.0 Å². The first-order valence-electron chi connectivity index (χ1n) is 9.09. The maximum Gasteiger partial charge on any atom is 0.137 e. The van der Waals surface area contributed by atoms with Crippen molar-refractivity contribution in [3.8, 4) is 5.75 Å². The topological polar surface area (TPSA) is 81.6 Å². The number of phenolic OH excluding ortho intramolecular Hbond substituents is 1. The summed E-state index contributed by atoms with van der Waals surface area (Å²) < 4.78 is 3.59. The van der Waals surface area contributed by atoms with Crippen molar-refractivity contribution in [2.75, 3.05) is 0 Å². The molecule has 0 spiro atoms. The molecule has 0 atom stereocenters. The normalized spacial score (nSPS) is 10.1. The van der Waals surface area contributed by atoms with Crippen LogP contribution in [0.2, 0.25) is 0 Å². The Morgan fingerprint density at radius 2 is 1.43 bits per heavy atom. The number of benzene rings is 3. The van der Waals surface area contributed by atoms with E-state index in [0.29, 0.717) is 18.8 Å². The van der Waals surface area contributed by atoms with Crippen LogP contribution in [0.3, 0.4) is 0 Å². The van der Waals surface area contributed by atoms with Crippen molar-refractivity contribution in [1.82, 2.24) is 29.5 Å². The molecule has 0 radical (unpaired) electrons. The van der Waals surface area contributed by atoms with Gasteiger partial charge in [0, 0.05) is 34.2 Å². The molecular formula is C22H19N6OPt-. The number of hydrogen-bond donors (Lipinski definition) is 1. The van der Waals surface area contributed by atoms with Gasteiger partial charge in [0.2, 0.25) is 0 Å². The SMILES string of the molecule is Oc1ccccc1.[Pt].[c-]1c(Cn2cncn2)cc2ccccc2c1Cn1cncn1. The van der Waals surface area contributed by atoms with Gasteiger partial charge in [-0.2, -0.15) is 22.3 Å². The van der Waals surface area contributed by atoms with Crippen LogP contribution in [0.15, 0.2) is 86.0 Å². The first-order chi connectivity index (χ1) is 14.3. The predicted molar refractivity (Wildman–Crippen MR) is 109 cm³/mol. The van der Waals surface area contributed by atoms with E-state index in [4.69, 9.17) is 5.11 Å². The van der Waals surface area contributed by atoms with Gasteiger partial charge >= 0.3 is 0 Å². The molecule has 0 aliphatic carbocycles. The molecule has 0 unspecified atom stereocenters. The molecule has 2 heterocycles. The molecule has 1 N–H and O–H groups in total. The van der Waals surface area contributed by atoms with Crippen LogP contribution in [0, 0.1) is 6.07 Å². The van der Waals surface area contributed by atoms with Crippen molar-refractivity contribution in [3.05, 3.63) is 103 Å². The second-order valence-corrected chi connectivity index (χ2v) is 6.38. The molecule has 7 nitrogen and oxygen atoms in total. The Labute approximate surface area is 188 Å². The second kappa shape index (κ2) is 10.5. The van der Waals surface area contributed by atoms with Crippen LogP contribution >= 0.6 is 0 Å². The largest absolute Gasteiger partial charge is 0.508 e. The molecule has 3 aromatic carbocycles. The van der Waals surface area contributed by atoms with Gasteiger partial charge in [-0.1, -0.05) is 36.4 Å². The minimum Gasteiger partial charge on any atom is -0.508 e. The molecule has 2 aromatic heterocycles. The summed E-state index contributed by atoms with van der Waals surface area (Å²) in [7, 11) is 0. The monoisotopic (exact) mass is 578 g/mol. The Kier molecular flexibility index (Phi) is 7.46. The Bertz CT molecular complexity index is 1160. The molecule has 5 aromatic rings. The van der Waals surface area contributed by atoms with E-state index in [0.717, 1.165) is 11.1 Å². The predicted octanol–water partition coefficient (Wildman–Crippen LogP) is 3.31. The van der Waals surface area contributed by atoms with Crippen LogP contribution in [0.5, 0.6) is 5.75 Å². The number of hydrogen-bond acceptors (Lipinski definition) is 5. The number of fused-ring (bicyclic) bond motifs is 1. The van der Waals surface area contributed by atoms with Crippen LogP contribution in [0.25, 0.3) is 10.8 Å². The quantitative estimate of drug-likeness (QED) is 0.331. The Morgan fingerprint density at radius 1 is 0.800 bits per heavy atom. The van der Waals surface area contributed by atoms with Crippen molar-refractivity contribution >= 4 is 10.8 Å². The molecule has 0 aliphatic rings. The number of nitrogens with zero attached hydrogens (tertiary/aromatic N) is 6. The van der Waals surface area contributed by atoms with Gasteiger partial charge in [0.1, 0.15) is 31.1 Å². The first kappa shape index (κ1) is 21.4. The third-order valence-electron chi connectivity index (χ3n) is 4.27. The summed E-state index contributed by atoms with van der Waals surface area (Å²) >= 11 is 0. The Balaban J connectivity index is 0.000000274. The smallest absolute Gasteiger partial charge is 0.137 e. The third kappa shape index (κ3) is 5.61. The van der Waals surface area contributed by atoms with E-state index in [1.54, 1.807) is 52.6 Å². The van der Waals surface area contributed by atoms with Gasteiger partial charge < -0.3 is 5.11 Å². The fourth-order valence-electron chi connectivity index (χ4n) is 2.99. The Hall–Kier alpha value is -3.31. The number of aromatic hydroxyl groups is 1. The third-order valence-corrected chi connectivity index (χ3v) is 4.27. The van der Waals surface area contributed by atoms with Crippen molar-refractivity contribution in [1.29, 1.82) is 0 Å². The molecule has 0 fully saturated rings. The zero-order valence-corrected chi connectivity index (χ0v) is 18.2. The van der Waals surface area contributed by atoms with Gasteiger partial charge in [0.15, 0.2) is 0 Å². The van der Waals surface area contributed by atoms with Crippen LogP contribution in [0.1, 0.15) is 11.1 Å². The van der Waals surface area contributed by atoms with Gasteiger partial charge in [-0.3, -0.25) is 9.36 Å². The zero-order valence-electron chi connectivity index (χ0n) is 15.9. The zero-order chi connectivity index (χ0) is 19.9. The number of para-hydroxylation sites is 1. The maximum absolute atomic E-state index is 8.63. The summed E-state index contributed by atoms with van der Waals surface area (Å²) in [4.78, 5) is 7.98. The summed E-state index contributed by atoms with van der Waals surface area (Å²) in [6.07, 6.45) is 6.51. The standard InChI is InChI=1S/C16H13N6.C6H6O.Pt/c1-2-4-16-14(3-1)5-13(7-21-11-17-9-19-21)6-15(16)8-22-12-18-10-20-22;7-6-4-2-1-3-5-6;/h1-5,9-12H,7-8H2;1-5,7H;/q-1;;. The summed E-state index contributed by atoms with van der Waals surface area (Å²) in [6.45, 7) is 1.29. The van der Waals surface area contributed by atoms with Gasteiger partial charge in [-0.05, 0) is 12.1 Å². The summed E-state index contributed by atoms with van der Waals surface area (Å²) in [6, 6.07) is 22.6. The van der Waals surface area contributed by atoms with E-state index in [1.165, 1.54) is 17.1 Å². The molecule has 0 saturated carbocycles. The molecule has 30 heavy (non-hydrogen) atoms. The summed E-state index contributed by atoms with van der Waals surface area (Å²) in [5.74, 6) is 0.322. The Morgan fingerprint density at radius 3 is 2.03 bits per heavy atom. The fraction of sp³-hybridized carbons (Fsp3) is 0.0909. The average Bonchev–Trinajstić information content (AvgIpc) is 3.44. The molecule has 0 bridgehead atoms. The molecular weight excluding hydrogens is 559 g/mol. The van der Waals surface area contributed by atoms with Crippen molar-refractivity contribution in [2.24, 2.45) is 0 Å². The van der Waals surface area contributed by atoms with Gasteiger partial charge in [0.25, 0.3) is 0 Å². The molecule has 8 heteroatoms. The van der Waals surface area contributed by atoms with Crippen LogP contribution < -0.4 is 0 Å². The van der Waals surface area contributed by atoms with Gasteiger partial charge in [0.05, 0.1) is 0 Å². The van der Waals surface area contributed by atoms with Crippen molar-refractivity contribution in [2.45, 2.75) is 13.1 Å². The first-order valence-corrected chi connectivity index (χ1v) is 9.09. The molecule has 154 valence electrons. The molecule has 0 saturated heterocycles. The van der Waals surface area contributed by atoms with E-state index in [2.05, 4.69) is 44.4 Å². The summed E-state index contributed by atoms with van der Waals surface area (Å²) in [5, 5.41) is 19.3. The number of rotatable bonds is 4. The van der Waals surface area contributed by atoms with Crippen LogP contribution in [-0.4, -0.2) is 34.6 Å². The average molecular weight is 579 g/mol. The fourth-order valence-corrected chi connectivity index (χ4v) is 2.99. The van der Waals surface area contributed by atoms with E-state index in [-0.39, 0.29) is 21.1 Å². The number of phenols is 1.